The number of nitrogens with two attached hydrogens (primary N) is 1. The summed E-state index contributed by atoms with van der Waals surface area (Å²) in [5.41, 5.74) is 5.75. The van der Waals surface area contributed by atoms with Gasteiger partial charge in [-0.05, 0) is 25.2 Å². The molecule has 3 N–H and O–H groups in total. The number of hydrogen-bond donors (Lipinski definition) is 2. The van der Waals surface area contributed by atoms with Crippen LogP contribution >= 0.6 is 0 Å². The van der Waals surface area contributed by atoms with Crippen LogP contribution in [0.25, 0.3) is 0 Å². The quantitative estimate of drug-likeness (QED) is 0.485. The van der Waals surface area contributed by atoms with Crippen molar-refractivity contribution in [2.75, 3.05) is 0 Å². The first-order valence-corrected chi connectivity index (χ1v) is 3.71. The van der Waals surface area contributed by atoms with Crippen LogP contribution in [0.15, 0.2) is 0 Å². The Bertz CT molecular complexity index is 114. The molecule has 52 valence electrons. The molecule has 2 aliphatic carbocycles. The topological polar surface area (TPSA) is 46.2 Å². The summed E-state index contributed by atoms with van der Waals surface area (Å²) < 4.78 is 0. The summed E-state index contributed by atoms with van der Waals surface area (Å²) in [7, 11) is 0. The second-order valence-electron chi connectivity index (χ2n) is 3.47. The fourth-order valence-electron chi connectivity index (χ4n) is 2.37. The minimum absolute atomic E-state index is 0.0706. The zero-order valence-corrected chi connectivity index (χ0v) is 5.46. The molecule has 0 saturated heterocycles. The van der Waals surface area contributed by atoms with Crippen LogP contribution in [0, 0.1) is 11.8 Å². The van der Waals surface area contributed by atoms with Crippen LogP contribution in [-0.4, -0.2) is 17.3 Å². The second-order valence-corrected chi connectivity index (χ2v) is 3.47. The lowest BCUT2D eigenvalue weighted by Crippen LogP contribution is -2.34. The van der Waals surface area contributed by atoms with Crippen LogP contribution in [0.1, 0.15) is 19.3 Å². The van der Waals surface area contributed by atoms with Crippen molar-refractivity contribution in [2.45, 2.75) is 31.4 Å². The van der Waals surface area contributed by atoms with Gasteiger partial charge in [-0.3, -0.25) is 0 Å². The largest absolute Gasteiger partial charge is 0.393 e. The predicted octanol–water partition coefficient (Wildman–Crippen LogP) is 0.104. The van der Waals surface area contributed by atoms with Crippen molar-refractivity contribution in [3.63, 3.8) is 0 Å². The number of hydrogen-bond acceptors (Lipinski definition) is 2. The van der Waals surface area contributed by atoms with Crippen molar-refractivity contribution < 1.29 is 5.11 Å². The van der Waals surface area contributed by atoms with Gasteiger partial charge < -0.3 is 10.8 Å². The summed E-state index contributed by atoms with van der Waals surface area (Å²) in [6.45, 7) is 0. The van der Waals surface area contributed by atoms with E-state index in [2.05, 4.69) is 0 Å². The average molecular weight is 127 g/mol. The number of aliphatic hydroxyl groups excluding tert-OH is 1. The smallest absolute Gasteiger partial charge is 0.0585 e. The van der Waals surface area contributed by atoms with E-state index in [4.69, 9.17) is 5.73 Å². The number of rotatable bonds is 0. The molecule has 0 radical (unpaired) electrons. The van der Waals surface area contributed by atoms with Crippen molar-refractivity contribution in [1.29, 1.82) is 0 Å². The Kier molecular flexibility index (Phi) is 1.08. The summed E-state index contributed by atoms with van der Waals surface area (Å²) in [5.74, 6) is 1.19. The Morgan fingerprint density at radius 3 is 2.33 bits per heavy atom. The number of aliphatic hydroxyl groups is 1. The molecule has 2 unspecified atom stereocenters. The highest BCUT2D eigenvalue weighted by Gasteiger charge is 2.43. The normalized spacial score (nSPS) is 56.7. The van der Waals surface area contributed by atoms with Gasteiger partial charge in [0, 0.05) is 12.0 Å². The van der Waals surface area contributed by atoms with Gasteiger partial charge in [0.05, 0.1) is 6.10 Å². The lowest BCUT2D eigenvalue weighted by Gasteiger charge is -2.21. The minimum atomic E-state index is -0.0706. The second kappa shape index (κ2) is 1.70. The van der Waals surface area contributed by atoms with Gasteiger partial charge in [-0.1, -0.05) is 0 Å². The van der Waals surface area contributed by atoms with Gasteiger partial charge in [0.25, 0.3) is 0 Å². The van der Waals surface area contributed by atoms with E-state index in [-0.39, 0.29) is 6.10 Å². The molecule has 4 atom stereocenters. The van der Waals surface area contributed by atoms with Crippen LogP contribution in [0.5, 0.6) is 0 Å². The fraction of sp³-hybridized carbons (Fsp3) is 1.00. The lowest BCUT2D eigenvalue weighted by atomic mass is 9.94. The van der Waals surface area contributed by atoms with Crippen molar-refractivity contribution in [3.8, 4) is 0 Å². The third kappa shape index (κ3) is 0.700. The highest BCUT2D eigenvalue weighted by atomic mass is 16.3. The van der Waals surface area contributed by atoms with Gasteiger partial charge in [0.1, 0.15) is 0 Å². The molecule has 2 aliphatic rings. The average Bonchev–Trinajstić information content (AvgIpc) is 2.22. The Labute approximate surface area is 55.1 Å². The van der Waals surface area contributed by atoms with Crippen molar-refractivity contribution in [2.24, 2.45) is 17.6 Å². The molecule has 2 rings (SSSR count). The van der Waals surface area contributed by atoms with E-state index < -0.39 is 0 Å². The van der Waals surface area contributed by atoms with Gasteiger partial charge in [-0.15, -0.1) is 0 Å². The van der Waals surface area contributed by atoms with Crippen LogP contribution < -0.4 is 5.73 Å². The van der Waals surface area contributed by atoms with Gasteiger partial charge >= 0.3 is 0 Å². The molecule has 0 amide bonds. The van der Waals surface area contributed by atoms with Crippen LogP contribution in [-0.2, 0) is 0 Å². The van der Waals surface area contributed by atoms with Crippen LogP contribution in [0.3, 0.4) is 0 Å². The van der Waals surface area contributed by atoms with Crippen molar-refractivity contribution in [1.82, 2.24) is 0 Å². The monoisotopic (exact) mass is 127 g/mol. The molecule has 9 heavy (non-hydrogen) atoms. The van der Waals surface area contributed by atoms with E-state index >= 15 is 0 Å². The third-order valence-corrected chi connectivity index (χ3v) is 2.83. The maximum atomic E-state index is 9.31. The molecule has 2 bridgehead atoms. The Hall–Kier alpha value is -0.0800. The SMILES string of the molecule is N[C@@H]1CC2CC1[C@@H](O)C2. The lowest BCUT2D eigenvalue weighted by molar-refractivity contribution is 0.103. The first kappa shape index (κ1) is 5.69. The summed E-state index contributed by atoms with van der Waals surface area (Å²) >= 11 is 0. The standard InChI is InChI=1S/C7H13NO/c8-6-2-4-1-5(6)7(9)3-4/h4-7,9H,1-3,8H2/t4?,5?,6-,7+/m1/s1. The molecule has 2 heteroatoms. The highest BCUT2D eigenvalue weighted by molar-refractivity contribution is 4.97. The minimum Gasteiger partial charge on any atom is -0.393 e. The molecular weight excluding hydrogens is 114 g/mol. The van der Waals surface area contributed by atoms with Gasteiger partial charge in [-0.2, -0.15) is 0 Å². The van der Waals surface area contributed by atoms with Gasteiger partial charge in [0.15, 0.2) is 0 Å². The molecule has 0 aromatic heterocycles. The van der Waals surface area contributed by atoms with Crippen molar-refractivity contribution in [3.05, 3.63) is 0 Å². The summed E-state index contributed by atoms with van der Waals surface area (Å²) in [6.07, 6.45) is 3.28. The molecule has 0 aromatic carbocycles. The molecule has 0 heterocycles. The first-order valence-electron chi connectivity index (χ1n) is 3.71. The van der Waals surface area contributed by atoms with E-state index in [1.54, 1.807) is 0 Å². The Balaban J connectivity index is 2.13. The van der Waals surface area contributed by atoms with Crippen LogP contribution in [0.2, 0.25) is 0 Å². The summed E-state index contributed by atoms with van der Waals surface area (Å²) in [6, 6.07) is 0.304. The van der Waals surface area contributed by atoms with E-state index in [1.165, 1.54) is 6.42 Å². The summed E-state index contributed by atoms with van der Waals surface area (Å²) in [4.78, 5) is 0. The Morgan fingerprint density at radius 2 is 2.00 bits per heavy atom. The Morgan fingerprint density at radius 1 is 1.22 bits per heavy atom. The van der Waals surface area contributed by atoms with Gasteiger partial charge in [-0.25, -0.2) is 0 Å². The summed E-state index contributed by atoms with van der Waals surface area (Å²) in [5, 5.41) is 9.31. The predicted molar refractivity (Wildman–Crippen MR) is 34.8 cm³/mol. The van der Waals surface area contributed by atoms with Crippen molar-refractivity contribution >= 4 is 0 Å². The van der Waals surface area contributed by atoms with E-state index in [0.29, 0.717) is 12.0 Å². The van der Waals surface area contributed by atoms with Crippen LogP contribution in [0.4, 0.5) is 0 Å². The maximum Gasteiger partial charge on any atom is 0.0585 e. The molecular formula is C7H13NO. The maximum absolute atomic E-state index is 9.31. The molecule has 2 nitrogen and oxygen atoms in total. The molecule has 0 spiro atoms. The molecule has 2 fully saturated rings. The zero-order valence-electron chi connectivity index (χ0n) is 5.46. The zero-order chi connectivity index (χ0) is 6.43. The van der Waals surface area contributed by atoms with E-state index in [9.17, 15) is 5.11 Å². The first-order chi connectivity index (χ1) is 4.27. The van der Waals surface area contributed by atoms with E-state index in [1.807, 2.05) is 0 Å². The van der Waals surface area contributed by atoms with E-state index in [0.717, 1.165) is 18.8 Å². The third-order valence-electron chi connectivity index (χ3n) is 2.83. The highest BCUT2D eigenvalue weighted by Crippen LogP contribution is 2.43. The molecule has 2 saturated carbocycles. The van der Waals surface area contributed by atoms with Gasteiger partial charge in [0.2, 0.25) is 0 Å². The molecule has 0 aliphatic heterocycles. The fourth-order valence-corrected chi connectivity index (χ4v) is 2.37. The molecule has 0 aromatic rings. The number of fused-ring (bicyclic) bond motifs is 2.